The van der Waals surface area contributed by atoms with Crippen LogP contribution in [0.4, 0.5) is 0 Å². The summed E-state index contributed by atoms with van der Waals surface area (Å²) in [5.41, 5.74) is 1.34. The summed E-state index contributed by atoms with van der Waals surface area (Å²) in [5.74, 6) is 0.710. The second-order valence-electron chi connectivity index (χ2n) is 6.79. The summed E-state index contributed by atoms with van der Waals surface area (Å²) < 4.78 is 24.5. The molecule has 0 radical (unpaired) electrons. The zero-order chi connectivity index (χ0) is 15.2. The summed E-state index contributed by atoms with van der Waals surface area (Å²) in [6, 6.07) is 9.97. The fourth-order valence-electron chi connectivity index (χ4n) is 2.39. The van der Waals surface area contributed by atoms with Crippen LogP contribution in [0.25, 0.3) is 0 Å². The first-order valence-electron chi connectivity index (χ1n) is 7.49. The predicted molar refractivity (Wildman–Crippen MR) is 86.8 cm³/mol. The van der Waals surface area contributed by atoms with Gasteiger partial charge in [0, 0.05) is 0 Å². The molecule has 0 aliphatic carbocycles. The van der Waals surface area contributed by atoms with Crippen LogP contribution in [0.5, 0.6) is 0 Å². The fourth-order valence-corrected chi connectivity index (χ4v) is 4.18. The van der Waals surface area contributed by atoms with E-state index in [0.29, 0.717) is 5.75 Å². The first-order chi connectivity index (χ1) is 9.23. The number of rotatable bonds is 7. The lowest BCUT2D eigenvalue weighted by Crippen LogP contribution is -2.18. The van der Waals surface area contributed by atoms with E-state index < -0.39 is 9.84 Å². The zero-order valence-electron chi connectivity index (χ0n) is 13.2. The molecule has 1 rings (SSSR count). The molecule has 0 heterocycles. The van der Waals surface area contributed by atoms with Gasteiger partial charge in [0.1, 0.15) is 0 Å². The van der Waals surface area contributed by atoms with Crippen LogP contribution in [-0.4, -0.2) is 19.9 Å². The lowest BCUT2D eigenvalue weighted by Gasteiger charge is -2.19. The molecule has 0 spiro atoms. The molecule has 0 bridgehead atoms. The second-order valence-corrected chi connectivity index (χ2v) is 9.02. The Morgan fingerprint density at radius 1 is 1.10 bits per heavy atom. The minimum Gasteiger partial charge on any atom is -0.229 e. The maximum absolute atomic E-state index is 12.3. The second kappa shape index (κ2) is 7.26. The van der Waals surface area contributed by atoms with Crippen molar-refractivity contribution in [2.24, 2.45) is 5.41 Å². The van der Waals surface area contributed by atoms with Gasteiger partial charge < -0.3 is 0 Å². The number of hydrogen-bond donors (Lipinski definition) is 0. The van der Waals surface area contributed by atoms with Gasteiger partial charge in [-0.3, -0.25) is 0 Å². The molecule has 20 heavy (non-hydrogen) atoms. The van der Waals surface area contributed by atoms with Gasteiger partial charge in [-0.2, -0.15) is 0 Å². The molecule has 0 saturated carbocycles. The number of hydrogen-bond acceptors (Lipinski definition) is 2. The van der Waals surface area contributed by atoms with Crippen molar-refractivity contribution in [3.8, 4) is 0 Å². The highest BCUT2D eigenvalue weighted by atomic mass is 32.2. The topological polar surface area (TPSA) is 34.1 Å². The Labute approximate surface area is 124 Å². The van der Waals surface area contributed by atoms with Crippen LogP contribution < -0.4 is 0 Å². The Hall–Kier alpha value is -0.830. The number of sulfone groups is 1. The number of benzene rings is 1. The zero-order valence-corrected chi connectivity index (χ0v) is 14.0. The molecule has 3 heteroatoms. The largest absolute Gasteiger partial charge is 0.229 e. The van der Waals surface area contributed by atoms with Crippen LogP contribution in [0.2, 0.25) is 0 Å². The summed E-state index contributed by atoms with van der Waals surface area (Å²) in [7, 11) is -2.96. The minimum absolute atomic E-state index is 0.121. The smallest absolute Gasteiger partial charge is 0.150 e. The van der Waals surface area contributed by atoms with Crippen LogP contribution in [-0.2, 0) is 9.84 Å². The van der Waals surface area contributed by atoms with Gasteiger partial charge in [-0.1, -0.05) is 58.0 Å². The van der Waals surface area contributed by atoms with Crippen molar-refractivity contribution in [3.63, 3.8) is 0 Å². The molecular weight excluding hydrogens is 268 g/mol. The highest BCUT2D eigenvalue weighted by Crippen LogP contribution is 2.24. The minimum atomic E-state index is -2.96. The summed E-state index contributed by atoms with van der Waals surface area (Å²) >= 11 is 0. The molecule has 1 aromatic rings. The summed E-state index contributed by atoms with van der Waals surface area (Å²) in [6.07, 6.45) is 2.58. The van der Waals surface area contributed by atoms with Crippen LogP contribution in [0.15, 0.2) is 30.3 Å². The van der Waals surface area contributed by atoms with Crippen molar-refractivity contribution in [3.05, 3.63) is 35.9 Å². The van der Waals surface area contributed by atoms with Gasteiger partial charge in [0.25, 0.3) is 0 Å². The molecule has 2 nitrogen and oxygen atoms in total. The third kappa shape index (κ3) is 6.56. The predicted octanol–water partition coefficient (Wildman–Crippen LogP) is 4.42. The van der Waals surface area contributed by atoms with Crippen molar-refractivity contribution < 1.29 is 8.42 Å². The SMILES string of the molecule is CC[C@@H](CS(=O)(=O)CCCC(C)(C)C)c1ccccc1. The highest BCUT2D eigenvalue weighted by molar-refractivity contribution is 7.91. The van der Waals surface area contributed by atoms with E-state index in [0.717, 1.165) is 24.8 Å². The molecule has 1 atom stereocenters. The van der Waals surface area contributed by atoms with Crippen LogP contribution in [0, 0.1) is 5.41 Å². The van der Waals surface area contributed by atoms with Crippen LogP contribution in [0.1, 0.15) is 58.4 Å². The first-order valence-corrected chi connectivity index (χ1v) is 9.31. The molecule has 0 fully saturated rings. The van der Waals surface area contributed by atoms with Crippen molar-refractivity contribution in [1.82, 2.24) is 0 Å². The van der Waals surface area contributed by atoms with Crippen molar-refractivity contribution in [1.29, 1.82) is 0 Å². The van der Waals surface area contributed by atoms with Crippen LogP contribution in [0.3, 0.4) is 0 Å². The van der Waals surface area contributed by atoms with Crippen molar-refractivity contribution in [2.75, 3.05) is 11.5 Å². The maximum Gasteiger partial charge on any atom is 0.150 e. The van der Waals surface area contributed by atoms with Gasteiger partial charge in [-0.05, 0) is 36.2 Å². The molecule has 0 N–H and O–H groups in total. The molecule has 0 amide bonds. The van der Waals surface area contributed by atoms with E-state index in [-0.39, 0.29) is 17.1 Å². The monoisotopic (exact) mass is 296 g/mol. The molecular formula is C17H28O2S. The average molecular weight is 296 g/mol. The van der Waals surface area contributed by atoms with Gasteiger partial charge in [0.15, 0.2) is 9.84 Å². The van der Waals surface area contributed by atoms with E-state index >= 15 is 0 Å². The van der Waals surface area contributed by atoms with Gasteiger partial charge in [0.2, 0.25) is 0 Å². The first kappa shape index (κ1) is 17.2. The van der Waals surface area contributed by atoms with Crippen molar-refractivity contribution in [2.45, 2.75) is 52.9 Å². The average Bonchev–Trinajstić information content (AvgIpc) is 2.35. The van der Waals surface area contributed by atoms with E-state index in [1.165, 1.54) is 0 Å². The third-order valence-electron chi connectivity index (χ3n) is 3.60. The Balaban J connectivity index is 2.60. The van der Waals surface area contributed by atoms with Crippen LogP contribution >= 0.6 is 0 Å². The summed E-state index contributed by atoms with van der Waals surface area (Å²) in [6.45, 7) is 8.51. The quantitative estimate of drug-likeness (QED) is 0.746. The van der Waals surface area contributed by atoms with E-state index in [4.69, 9.17) is 0 Å². The summed E-state index contributed by atoms with van der Waals surface area (Å²) in [5, 5.41) is 0. The van der Waals surface area contributed by atoms with E-state index in [9.17, 15) is 8.42 Å². The van der Waals surface area contributed by atoms with Gasteiger partial charge in [-0.25, -0.2) is 8.42 Å². The fraction of sp³-hybridized carbons (Fsp3) is 0.647. The molecule has 0 aliphatic rings. The van der Waals surface area contributed by atoms with Gasteiger partial charge >= 0.3 is 0 Å². The standard InChI is InChI=1S/C17H28O2S/c1-5-15(16-10-7-6-8-11-16)14-20(18,19)13-9-12-17(2,3)4/h6-8,10-11,15H,5,9,12-14H2,1-4H3/t15-/m0/s1. The maximum atomic E-state index is 12.3. The Morgan fingerprint density at radius 2 is 1.70 bits per heavy atom. The van der Waals surface area contributed by atoms with E-state index in [2.05, 4.69) is 27.7 Å². The van der Waals surface area contributed by atoms with E-state index in [1.807, 2.05) is 30.3 Å². The Morgan fingerprint density at radius 3 is 2.20 bits per heavy atom. The van der Waals surface area contributed by atoms with Gasteiger partial charge in [-0.15, -0.1) is 0 Å². The normalized spacial score (nSPS) is 14.2. The summed E-state index contributed by atoms with van der Waals surface area (Å²) in [4.78, 5) is 0. The molecule has 0 aliphatic heterocycles. The lowest BCUT2D eigenvalue weighted by atomic mass is 9.91. The molecule has 1 aromatic carbocycles. The van der Waals surface area contributed by atoms with Gasteiger partial charge in [0.05, 0.1) is 11.5 Å². The molecule has 0 unspecified atom stereocenters. The highest BCUT2D eigenvalue weighted by Gasteiger charge is 2.20. The Bertz CT molecular complexity index is 483. The Kier molecular flexibility index (Phi) is 6.25. The van der Waals surface area contributed by atoms with E-state index in [1.54, 1.807) is 0 Å². The third-order valence-corrected chi connectivity index (χ3v) is 5.42. The molecule has 0 saturated heterocycles. The molecule has 114 valence electrons. The molecule has 0 aromatic heterocycles. The lowest BCUT2D eigenvalue weighted by molar-refractivity contribution is 0.373. The van der Waals surface area contributed by atoms with Crippen molar-refractivity contribution >= 4 is 9.84 Å².